The van der Waals surface area contributed by atoms with E-state index in [1.807, 2.05) is 36.9 Å². The van der Waals surface area contributed by atoms with Gasteiger partial charge >= 0.3 is 0 Å². The van der Waals surface area contributed by atoms with Crippen LogP contribution in [0.15, 0.2) is 48.5 Å². The Bertz CT molecular complexity index is 819. The first-order chi connectivity index (χ1) is 13.0. The van der Waals surface area contributed by atoms with Crippen molar-refractivity contribution in [3.8, 4) is 0 Å². The van der Waals surface area contributed by atoms with Crippen molar-refractivity contribution in [2.45, 2.75) is 39.3 Å². The van der Waals surface area contributed by atoms with Crippen LogP contribution in [-0.2, 0) is 11.3 Å². The lowest BCUT2D eigenvalue weighted by molar-refractivity contribution is -0.128. The Balaban J connectivity index is 1.77. The van der Waals surface area contributed by atoms with E-state index in [0.717, 1.165) is 24.1 Å². The molecule has 1 aliphatic heterocycles. The minimum Gasteiger partial charge on any atom is -0.338 e. The number of likely N-dealkylation sites (tertiary alicyclic amines) is 1. The smallest absolute Gasteiger partial charge is 0.254 e. The molecule has 4 nitrogen and oxygen atoms in total. The van der Waals surface area contributed by atoms with Crippen molar-refractivity contribution in [3.63, 3.8) is 0 Å². The third kappa shape index (κ3) is 4.35. The predicted octanol–water partition coefficient (Wildman–Crippen LogP) is 4.17. The van der Waals surface area contributed by atoms with Crippen molar-refractivity contribution in [3.05, 3.63) is 71.0 Å². The highest BCUT2D eigenvalue weighted by atomic mass is 19.1. The monoisotopic (exact) mass is 368 g/mol. The maximum Gasteiger partial charge on any atom is 0.254 e. The van der Waals surface area contributed by atoms with Crippen LogP contribution in [0.2, 0.25) is 0 Å². The van der Waals surface area contributed by atoms with Crippen molar-refractivity contribution in [2.75, 3.05) is 13.1 Å². The van der Waals surface area contributed by atoms with Crippen molar-refractivity contribution >= 4 is 11.8 Å². The van der Waals surface area contributed by atoms with Crippen LogP contribution in [0.1, 0.15) is 54.2 Å². The fourth-order valence-electron chi connectivity index (χ4n) is 3.57. The van der Waals surface area contributed by atoms with E-state index in [4.69, 9.17) is 0 Å². The molecule has 1 fully saturated rings. The first-order valence-corrected chi connectivity index (χ1v) is 9.42. The van der Waals surface area contributed by atoms with Gasteiger partial charge in [-0.3, -0.25) is 9.59 Å². The number of hydrogen-bond donors (Lipinski definition) is 0. The molecule has 2 aromatic carbocycles. The molecule has 142 valence electrons. The largest absolute Gasteiger partial charge is 0.338 e. The topological polar surface area (TPSA) is 40.6 Å². The molecular weight excluding hydrogens is 343 g/mol. The molecular formula is C22H25FN2O2. The van der Waals surface area contributed by atoms with Crippen LogP contribution >= 0.6 is 0 Å². The van der Waals surface area contributed by atoms with Crippen LogP contribution in [0.4, 0.5) is 4.39 Å². The number of rotatable bonds is 6. The first-order valence-electron chi connectivity index (χ1n) is 9.42. The minimum atomic E-state index is -0.288. The summed E-state index contributed by atoms with van der Waals surface area (Å²) in [4.78, 5) is 28.5. The van der Waals surface area contributed by atoms with Crippen LogP contribution < -0.4 is 0 Å². The number of nitrogens with zero attached hydrogens (tertiary/aromatic N) is 2. The van der Waals surface area contributed by atoms with Crippen LogP contribution in [0, 0.1) is 5.82 Å². The summed E-state index contributed by atoms with van der Waals surface area (Å²) >= 11 is 0. The minimum absolute atomic E-state index is 0.0658. The van der Waals surface area contributed by atoms with Gasteiger partial charge < -0.3 is 9.80 Å². The fourth-order valence-corrected chi connectivity index (χ4v) is 3.57. The highest BCUT2D eigenvalue weighted by Gasteiger charge is 2.23. The second-order valence-corrected chi connectivity index (χ2v) is 6.94. The van der Waals surface area contributed by atoms with Crippen LogP contribution in [-0.4, -0.2) is 34.7 Å². The average Bonchev–Trinajstić information content (AvgIpc) is 3.07. The standard InChI is InChI=1S/C22H25FN2O2/c1-3-25(16(2)18-9-11-20(23)12-10-18)22(27)19-7-4-6-17(14-19)15-24-13-5-8-21(24)26/h4,6-7,9-12,14,16H,3,5,8,13,15H2,1-2H3. The van der Waals surface area contributed by atoms with E-state index in [0.29, 0.717) is 25.1 Å². The van der Waals surface area contributed by atoms with E-state index in [1.54, 1.807) is 23.1 Å². The summed E-state index contributed by atoms with van der Waals surface area (Å²) in [5, 5.41) is 0. The van der Waals surface area contributed by atoms with Crippen molar-refractivity contribution in [1.82, 2.24) is 9.80 Å². The summed E-state index contributed by atoms with van der Waals surface area (Å²) in [6, 6.07) is 13.6. The zero-order chi connectivity index (χ0) is 19.4. The Morgan fingerprint density at radius 3 is 2.59 bits per heavy atom. The Labute approximate surface area is 159 Å². The van der Waals surface area contributed by atoms with Gasteiger partial charge in [-0.15, -0.1) is 0 Å². The average molecular weight is 368 g/mol. The summed E-state index contributed by atoms with van der Waals surface area (Å²) in [5.41, 5.74) is 2.46. The molecule has 1 atom stereocenters. The number of carbonyl (C=O) groups is 2. The summed E-state index contributed by atoms with van der Waals surface area (Å²) in [7, 11) is 0. The normalized spacial score (nSPS) is 15.1. The van der Waals surface area contributed by atoms with Gasteiger partial charge in [-0.05, 0) is 55.7 Å². The van der Waals surface area contributed by atoms with Gasteiger partial charge in [-0.2, -0.15) is 0 Å². The highest BCUT2D eigenvalue weighted by Crippen LogP contribution is 2.23. The molecule has 5 heteroatoms. The molecule has 3 rings (SSSR count). The van der Waals surface area contributed by atoms with Gasteiger partial charge in [-0.1, -0.05) is 24.3 Å². The summed E-state index contributed by atoms with van der Waals surface area (Å²) < 4.78 is 13.2. The summed E-state index contributed by atoms with van der Waals surface area (Å²) in [6.45, 7) is 5.75. The molecule has 0 aromatic heterocycles. The summed E-state index contributed by atoms with van der Waals surface area (Å²) in [5.74, 6) is -0.180. The van der Waals surface area contributed by atoms with E-state index in [-0.39, 0.29) is 23.7 Å². The molecule has 0 N–H and O–H groups in total. The molecule has 0 bridgehead atoms. The molecule has 0 saturated carbocycles. The molecule has 2 amide bonds. The van der Waals surface area contributed by atoms with Crippen LogP contribution in [0.5, 0.6) is 0 Å². The molecule has 27 heavy (non-hydrogen) atoms. The van der Waals surface area contributed by atoms with Crippen molar-refractivity contribution in [1.29, 1.82) is 0 Å². The molecule has 1 heterocycles. The van der Waals surface area contributed by atoms with E-state index in [2.05, 4.69) is 0 Å². The summed E-state index contributed by atoms with van der Waals surface area (Å²) in [6.07, 6.45) is 1.51. The molecule has 0 spiro atoms. The third-order valence-electron chi connectivity index (χ3n) is 5.14. The lowest BCUT2D eigenvalue weighted by Crippen LogP contribution is -2.33. The molecule has 1 saturated heterocycles. The predicted molar refractivity (Wildman–Crippen MR) is 103 cm³/mol. The molecule has 0 radical (unpaired) electrons. The van der Waals surface area contributed by atoms with Crippen molar-refractivity contribution in [2.24, 2.45) is 0 Å². The highest BCUT2D eigenvalue weighted by molar-refractivity contribution is 5.94. The number of carbonyl (C=O) groups excluding carboxylic acids is 2. The number of hydrogen-bond acceptors (Lipinski definition) is 2. The zero-order valence-corrected chi connectivity index (χ0v) is 15.8. The Morgan fingerprint density at radius 1 is 1.22 bits per heavy atom. The quantitative estimate of drug-likeness (QED) is 0.768. The van der Waals surface area contributed by atoms with Crippen LogP contribution in [0.3, 0.4) is 0 Å². The Morgan fingerprint density at radius 2 is 1.96 bits per heavy atom. The second-order valence-electron chi connectivity index (χ2n) is 6.94. The number of amides is 2. The Kier molecular flexibility index (Phi) is 5.89. The van der Waals surface area contributed by atoms with Gasteiger partial charge in [0.2, 0.25) is 5.91 Å². The van der Waals surface area contributed by atoms with Gasteiger partial charge in [0, 0.05) is 31.6 Å². The second kappa shape index (κ2) is 8.33. The first kappa shape index (κ1) is 19.1. The van der Waals surface area contributed by atoms with Gasteiger partial charge in [0.05, 0.1) is 6.04 Å². The zero-order valence-electron chi connectivity index (χ0n) is 15.8. The SMILES string of the molecule is CCN(C(=O)c1cccc(CN2CCCC2=O)c1)C(C)c1ccc(F)cc1. The van der Waals surface area contributed by atoms with Gasteiger partial charge in [0.15, 0.2) is 0 Å². The lowest BCUT2D eigenvalue weighted by Gasteiger charge is -2.29. The molecule has 0 aliphatic carbocycles. The van der Waals surface area contributed by atoms with Gasteiger partial charge in [-0.25, -0.2) is 4.39 Å². The Hall–Kier alpha value is -2.69. The van der Waals surface area contributed by atoms with E-state index < -0.39 is 0 Å². The molecule has 2 aromatic rings. The fraction of sp³-hybridized carbons (Fsp3) is 0.364. The molecule has 1 aliphatic rings. The van der Waals surface area contributed by atoms with Gasteiger partial charge in [0.25, 0.3) is 5.91 Å². The van der Waals surface area contributed by atoms with Crippen LogP contribution in [0.25, 0.3) is 0 Å². The van der Waals surface area contributed by atoms with E-state index >= 15 is 0 Å². The number of benzene rings is 2. The number of halogens is 1. The maximum absolute atomic E-state index is 13.2. The van der Waals surface area contributed by atoms with Gasteiger partial charge in [0.1, 0.15) is 5.82 Å². The van der Waals surface area contributed by atoms with Crippen molar-refractivity contribution < 1.29 is 14.0 Å². The maximum atomic E-state index is 13.2. The lowest BCUT2D eigenvalue weighted by atomic mass is 10.0. The van der Waals surface area contributed by atoms with E-state index in [9.17, 15) is 14.0 Å². The molecule has 1 unspecified atom stereocenters. The third-order valence-corrected chi connectivity index (χ3v) is 5.14. The van der Waals surface area contributed by atoms with E-state index in [1.165, 1.54) is 12.1 Å².